The first-order chi connectivity index (χ1) is 2.39. The van der Waals surface area contributed by atoms with Crippen LogP contribution in [-0.4, -0.2) is 0 Å². The Morgan fingerprint density at radius 3 is 1.67 bits per heavy atom. The van der Waals surface area contributed by atoms with Gasteiger partial charge in [-0.1, -0.05) is 0 Å². The standard InChI is InChI=1S/C4H6Br.Zn/c5-4-2-1-3-4;/h1-3H2;/q-1;. The minimum absolute atomic E-state index is 0. The van der Waals surface area contributed by atoms with E-state index in [1.54, 1.807) is 0 Å². The molecule has 0 nitrogen and oxygen atoms in total. The average Bonchev–Trinajstić information content (AvgIpc) is 1.30. The normalized spacial score (nSPS) is 21.5. The van der Waals surface area contributed by atoms with Gasteiger partial charge >= 0.3 is 0 Å². The van der Waals surface area contributed by atoms with E-state index in [2.05, 4.69) is 15.9 Å². The molecule has 0 saturated heterocycles. The maximum Gasteiger partial charge on any atom is 0 e. The van der Waals surface area contributed by atoms with Crippen molar-refractivity contribution in [3.05, 3.63) is 4.83 Å². The minimum Gasteiger partial charge on any atom is -0.317 e. The third kappa shape index (κ3) is 1.70. The Balaban J connectivity index is 0.000000250. The van der Waals surface area contributed by atoms with Gasteiger partial charge in [0.25, 0.3) is 0 Å². The molecule has 0 atom stereocenters. The smallest absolute Gasteiger partial charge is 0 e. The van der Waals surface area contributed by atoms with E-state index < -0.39 is 0 Å². The second-order valence-corrected chi connectivity index (χ2v) is 2.49. The van der Waals surface area contributed by atoms with E-state index in [0.717, 1.165) is 0 Å². The summed E-state index contributed by atoms with van der Waals surface area (Å²) in [5, 5.41) is 0. The number of hydrogen-bond acceptors (Lipinski definition) is 0. The molecule has 2 heteroatoms. The summed E-state index contributed by atoms with van der Waals surface area (Å²) in [6.07, 6.45) is 4.04. The molecule has 0 heterocycles. The van der Waals surface area contributed by atoms with Crippen LogP contribution in [0.2, 0.25) is 0 Å². The summed E-state index contributed by atoms with van der Waals surface area (Å²) < 4.78 is 0. The third-order valence-electron chi connectivity index (χ3n) is 0.896. The van der Waals surface area contributed by atoms with Crippen LogP contribution in [0.25, 0.3) is 0 Å². The molecule has 0 amide bonds. The molecule has 6 heavy (non-hydrogen) atoms. The fourth-order valence-corrected chi connectivity index (χ4v) is 0.871. The third-order valence-corrected chi connectivity index (χ3v) is 1.69. The molecule has 0 aliphatic heterocycles. The topological polar surface area (TPSA) is 0 Å². The summed E-state index contributed by atoms with van der Waals surface area (Å²) in [5.41, 5.74) is 0. The Kier molecular flexibility index (Phi) is 3.73. The largest absolute Gasteiger partial charge is 0.317 e. The van der Waals surface area contributed by atoms with Crippen LogP contribution in [0.5, 0.6) is 0 Å². The van der Waals surface area contributed by atoms with Crippen molar-refractivity contribution in [2.45, 2.75) is 19.3 Å². The van der Waals surface area contributed by atoms with Gasteiger partial charge in [0, 0.05) is 19.5 Å². The SMILES string of the molecule is Br[C-]1CCC1.[Zn]. The minimum atomic E-state index is 0. The molecule has 0 unspecified atom stereocenters. The van der Waals surface area contributed by atoms with Gasteiger partial charge in [-0.25, -0.2) is 4.83 Å². The van der Waals surface area contributed by atoms with Crippen molar-refractivity contribution in [3.63, 3.8) is 0 Å². The van der Waals surface area contributed by atoms with Gasteiger partial charge in [0.1, 0.15) is 0 Å². The Hall–Kier alpha value is 1.10. The average molecular weight is 199 g/mol. The first-order valence-electron chi connectivity index (χ1n) is 1.90. The van der Waals surface area contributed by atoms with Gasteiger partial charge in [0.15, 0.2) is 0 Å². The second kappa shape index (κ2) is 3.15. The maximum atomic E-state index is 3.38. The Morgan fingerprint density at radius 1 is 1.33 bits per heavy atom. The first kappa shape index (κ1) is 7.10. The molecule has 0 N–H and O–H groups in total. The van der Waals surface area contributed by atoms with Crippen LogP contribution < -0.4 is 0 Å². The molecule has 0 radical (unpaired) electrons. The molecule has 0 aromatic rings. The van der Waals surface area contributed by atoms with E-state index in [9.17, 15) is 0 Å². The van der Waals surface area contributed by atoms with E-state index in [0.29, 0.717) is 0 Å². The predicted octanol–water partition coefficient (Wildman–Crippen LogP) is 2.09. The van der Waals surface area contributed by atoms with Gasteiger partial charge < -0.3 is 15.9 Å². The molecule has 0 spiro atoms. The second-order valence-electron chi connectivity index (χ2n) is 1.37. The van der Waals surface area contributed by atoms with Crippen molar-refractivity contribution in [2.75, 3.05) is 0 Å². The summed E-state index contributed by atoms with van der Waals surface area (Å²) in [5.74, 6) is 0. The molecule has 0 aromatic carbocycles. The fourth-order valence-electron chi connectivity index (χ4n) is 0.310. The molecule has 1 saturated carbocycles. The van der Waals surface area contributed by atoms with E-state index in [1.165, 1.54) is 24.1 Å². The van der Waals surface area contributed by atoms with Gasteiger partial charge in [-0.3, -0.25) is 0 Å². The Morgan fingerprint density at radius 2 is 1.67 bits per heavy atom. The van der Waals surface area contributed by atoms with Crippen molar-refractivity contribution in [1.82, 2.24) is 0 Å². The Labute approximate surface area is 59.6 Å². The maximum absolute atomic E-state index is 3.38. The van der Waals surface area contributed by atoms with Gasteiger partial charge in [0.05, 0.1) is 0 Å². The zero-order valence-electron chi connectivity index (χ0n) is 3.71. The zero-order valence-corrected chi connectivity index (χ0v) is 8.26. The molecule has 1 aliphatic rings. The van der Waals surface area contributed by atoms with Gasteiger partial charge in [-0.2, -0.15) is 12.8 Å². The van der Waals surface area contributed by atoms with Crippen LogP contribution in [0.15, 0.2) is 0 Å². The summed E-state index contributed by atoms with van der Waals surface area (Å²) in [6, 6.07) is 0. The van der Waals surface area contributed by atoms with Crippen molar-refractivity contribution in [3.8, 4) is 0 Å². The van der Waals surface area contributed by atoms with Crippen molar-refractivity contribution >= 4 is 15.9 Å². The van der Waals surface area contributed by atoms with Gasteiger partial charge in [0.2, 0.25) is 0 Å². The molecule has 32 valence electrons. The monoisotopic (exact) mass is 197 g/mol. The van der Waals surface area contributed by atoms with E-state index in [-0.39, 0.29) is 19.5 Å². The fraction of sp³-hybridized carbons (Fsp3) is 0.750. The summed E-state index contributed by atoms with van der Waals surface area (Å²) >= 11 is 3.38. The van der Waals surface area contributed by atoms with Crippen LogP contribution in [0.1, 0.15) is 19.3 Å². The van der Waals surface area contributed by atoms with Crippen molar-refractivity contribution in [2.24, 2.45) is 0 Å². The Bertz CT molecular complexity index is 34.5. The van der Waals surface area contributed by atoms with Crippen LogP contribution in [0.4, 0.5) is 0 Å². The molecule has 0 aromatic heterocycles. The summed E-state index contributed by atoms with van der Waals surface area (Å²) in [7, 11) is 0. The number of halogens is 1. The zero-order chi connectivity index (χ0) is 3.70. The van der Waals surface area contributed by atoms with Crippen LogP contribution >= 0.6 is 15.9 Å². The molecule has 0 bridgehead atoms. The van der Waals surface area contributed by atoms with Crippen LogP contribution in [0.3, 0.4) is 0 Å². The molecule has 1 aliphatic carbocycles. The first-order valence-corrected chi connectivity index (χ1v) is 2.69. The van der Waals surface area contributed by atoms with E-state index in [1.807, 2.05) is 0 Å². The molecular formula is C4H6BrZn-. The number of rotatable bonds is 0. The van der Waals surface area contributed by atoms with Gasteiger partial charge in [-0.05, 0) is 0 Å². The quantitative estimate of drug-likeness (QED) is 0.414. The molecule has 1 fully saturated rings. The van der Waals surface area contributed by atoms with Crippen molar-refractivity contribution < 1.29 is 19.5 Å². The molecule has 1 rings (SSSR count). The van der Waals surface area contributed by atoms with Crippen molar-refractivity contribution in [1.29, 1.82) is 0 Å². The van der Waals surface area contributed by atoms with E-state index in [4.69, 9.17) is 0 Å². The van der Waals surface area contributed by atoms with Gasteiger partial charge in [-0.15, -0.1) is 6.42 Å². The van der Waals surface area contributed by atoms with E-state index >= 15 is 0 Å². The summed E-state index contributed by atoms with van der Waals surface area (Å²) in [6.45, 7) is 0. The van der Waals surface area contributed by atoms with Crippen LogP contribution in [-0.2, 0) is 19.5 Å². The predicted molar refractivity (Wildman–Crippen MR) is 26.0 cm³/mol. The molecular weight excluding hydrogens is 193 g/mol. The van der Waals surface area contributed by atoms with Crippen LogP contribution in [0, 0.1) is 4.83 Å². The number of hydrogen-bond donors (Lipinski definition) is 0. The summed E-state index contributed by atoms with van der Waals surface area (Å²) in [4.78, 5) is 1.50.